The van der Waals surface area contributed by atoms with Crippen molar-refractivity contribution < 1.29 is 19.4 Å². The van der Waals surface area contributed by atoms with E-state index in [1.165, 1.54) is 0 Å². The third-order valence-corrected chi connectivity index (χ3v) is 7.35. The first-order chi connectivity index (χ1) is 13.5. The van der Waals surface area contributed by atoms with E-state index in [0.717, 1.165) is 78.1 Å². The van der Waals surface area contributed by atoms with E-state index in [1.54, 1.807) is 14.0 Å². The van der Waals surface area contributed by atoms with E-state index in [9.17, 15) is 14.7 Å². The van der Waals surface area contributed by atoms with Gasteiger partial charge in [-0.25, -0.2) is 0 Å². The highest BCUT2D eigenvalue weighted by atomic mass is 16.5. The molecule has 3 aliphatic rings. The number of carbonyl (C=O) groups is 2. The Bertz CT molecular complexity index is 540. The number of ether oxygens (including phenoxy) is 1. The van der Waals surface area contributed by atoms with Crippen molar-refractivity contribution in [2.45, 2.75) is 39.0 Å². The number of likely N-dealkylation sites (tertiary alicyclic amines) is 3. The smallest absolute Gasteiger partial charge is 0.222 e. The van der Waals surface area contributed by atoms with Crippen LogP contribution in [0, 0.1) is 17.3 Å². The molecule has 3 saturated heterocycles. The summed E-state index contributed by atoms with van der Waals surface area (Å²) in [6.07, 6.45) is 4.45. The van der Waals surface area contributed by atoms with Gasteiger partial charge in [-0.05, 0) is 37.0 Å². The molecule has 28 heavy (non-hydrogen) atoms. The first-order valence-corrected chi connectivity index (χ1v) is 10.8. The third kappa shape index (κ3) is 4.86. The highest BCUT2D eigenvalue weighted by molar-refractivity contribution is 5.76. The van der Waals surface area contributed by atoms with Crippen LogP contribution in [0.4, 0.5) is 0 Å². The third-order valence-electron chi connectivity index (χ3n) is 7.35. The number of methoxy groups -OCH3 is 1. The molecule has 0 aromatic carbocycles. The SMILES string of the molecule is COCCN1CC(CO)C2(CCN(C(=O)CC3CCN(C(C)=O)CC3)CC2)C1. The van der Waals surface area contributed by atoms with Crippen molar-refractivity contribution in [3.63, 3.8) is 0 Å². The molecule has 7 heteroatoms. The minimum atomic E-state index is 0.139. The molecule has 0 radical (unpaired) electrons. The topological polar surface area (TPSA) is 73.3 Å². The molecule has 0 aromatic rings. The van der Waals surface area contributed by atoms with Gasteiger partial charge in [-0.15, -0.1) is 0 Å². The summed E-state index contributed by atoms with van der Waals surface area (Å²) in [4.78, 5) is 30.6. The fraction of sp³-hybridized carbons (Fsp3) is 0.905. The number of carbonyl (C=O) groups excluding carboxylic acids is 2. The van der Waals surface area contributed by atoms with E-state index in [0.29, 0.717) is 18.3 Å². The maximum absolute atomic E-state index is 12.8. The van der Waals surface area contributed by atoms with Gasteiger partial charge in [0.1, 0.15) is 0 Å². The van der Waals surface area contributed by atoms with Crippen LogP contribution in [0.25, 0.3) is 0 Å². The van der Waals surface area contributed by atoms with Gasteiger partial charge in [-0.1, -0.05) is 0 Å². The highest BCUT2D eigenvalue weighted by Crippen LogP contribution is 2.44. The fourth-order valence-corrected chi connectivity index (χ4v) is 5.38. The minimum absolute atomic E-state index is 0.139. The van der Waals surface area contributed by atoms with Crippen molar-refractivity contribution in [1.82, 2.24) is 14.7 Å². The lowest BCUT2D eigenvalue weighted by Gasteiger charge is -2.43. The molecule has 160 valence electrons. The molecule has 1 spiro atoms. The van der Waals surface area contributed by atoms with Crippen molar-refractivity contribution in [3.8, 4) is 0 Å². The molecular formula is C21H37N3O4. The van der Waals surface area contributed by atoms with Crippen LogP contribution in [0.15, 0.2) is 0 Å². The molecule has 1 N–H and O–H groups in total. The number of aliphatic hydroxyl groups excluding tert-OH is 1. The van der Waals surface area contributed by atoms with Gasteiger partial charge >= 0.3 is 0 Å². The van der Waals surface area contributed by atoms with Gasteiger partial charge in [0.05, 0.1) is 6.61 Å². The number of hydrogen-bond acceptors (Lipinski definition) is 5. The molecule has 7 nitrogen and oxygen atoms in total. The zero-order valence-corrected chi connectivity index (χ0v) is 17.6. The van der Waals surface area contributed by atoms with Crippen molar-refractivity contribution >= 4 is 11.8 Å². The summed E-state index contributed by atoms with van der Waals surface area (Å²) >= 11 is 0. The first kappa shape index (κ1) is 21.5. The number of nitrogens with zero attached hydrogens (tertiary/aromatic N) is 3. The predicted octanol–water partition coefficient (Wildman–Crippen LogP) is 0.814. The van der Waals surface area contributed by atoms with Crippen LogP contribution in [0.2, 0.25) is 0 Å². The number of aliphatic hydroxyl groups is 1. The maximum atomic E-state index is 12.8. The van der Waals surface area contributed by atoms with Gasteiger partial charge in [0.15, 0.2) is 0 Å². The van der Waals surface area contributed by atoms with E-state index in [1.807, 2.05) is 9.80 Å². The molecular weight excluding hydrogens is 358 g/mol. The second kappa shape index (κ2) is 9.55. The van der Waals surface area contributed by atoms with E-state index in [2.05, 4.69) is 4.90 Å². The molecule has 3 aliphatic heterocycles. The van der Waals surface area contributed by atoms with E-state index < -0.39 is 0 Å². The second-order valence-electron chi connectivity index (χ2n) is 9.00. The van der Waals surface area contributed by atoms with E-state index in [4.69, 9.17) is 4.74 Å². The normalized spacial score (nSPS) is 26.2. The van der Waals surface area contributed by atoms with Crippen molar-refractivity contribution in [1.29, 1.82) is 0 Å². The maximum Gasteiger partial charge on any atom is 0.222 e. The fourth-order valence-electron chi connectivity index (χ4n) is 5.38. The quantitative estimate of drug-likeness (QED) is 0.721. The number of rotatable bonds is 6. The Balaban J connectivity index is 1.47. The molecule has 1 unspecified atom stereocenters. The molecule has 1 atom stereocenters. The Hall–Kier alpha value is -1.18. The Morgan fingerprint density at radius 3 is 2.36 bits per heavy atom. The molecule has 3 fully saturated rings. The first-order valence-electron chi connectivity index (χ1n) is 10.8. The van der Waals surface area contributed by atoms with Gasteiger partial charge in [0.2, 0.25) is 11.8 Å². The van der Waals surface area contributed by atoms with Crippen molar-refractivity contribution in [2.75, 3.05) is 66.1 Å². The van der Waals surface area contributed by atoms with E-state index >= 15 is 0 Å². The monoisotopic (exact) mass is 395 g/mol. The molecule has 0 bridgehead atoms. The lowest BCUT2D eigenvalue weighted by atomic mass is 9.71. The largest absolute Gasteiger partial charge is 0.396 e. The van der Waals surface area contributed by atoms with Crippen LogP contribution in [0.1, 0.15) is 39.0 Å². The molecule has 2 amide bonds. The second-order valence-corrected chi connectivity index (χ2v) is 9.00. The number of hydrogen-bond donors (Lipinski definition) is 1. The average molecular weight is 396 g/mol. The zero-order valence-electron chi connectivity index (χ0n) is 17.6. The summed E-state index contributed by atoms with van der Waals surface area (Å²) < 4.78 is 5.21. The number of piperidine rings is 2. The van der Waals surface area contributed by atoms with Gasteiger partial charge in [0, 0.05) is 78.8 Å². The Morgan fingerprint density at radius 2 is 1.79 bits per heavy atom. The summed E-state index contributed by atoms with van der Waals surface area (Å²) in [5, 5.41) is 9.91. The lowest BCUT2D eigenvalue weighted by Crippen LogP contribution is -2.47. The Kier molecular flexibility index (Phi) is 7.34. The van der Waals surface area contributed by atoms with Gasteiger partial charge < -0.3 is 24.5 Å². The van der Waals surface area contributed by atoms with Gasteiger partial charge in [-0.2, -0.15) is 0 Å². The summed E-state index contributed by atoms with van der Waals surface area (Å²) in [6, 6.07) is 0. The van der Waals surface area contributed by atoms with Crippen LogP contribution in [-0.4, -0.2) is 97.8 Å². The summed E-state index contributed by atoms with van der Waals surface area (Å²) in [5.74, 6) is 1.12. The summed E-state index contributed by atoms with van der Waals surface area (Å²) in [6.45, 7) is 8.60. The zero-order chi connectivity index (χ0) is 20.1. The van der Waals surface area contributed by atoms with Crippen molar-refractivity contribution in [2.24, 2.45) is 17.3 Å². The average Bonchev–Trinajstić information content (AvgIpc) is 3.04. The minimum Gasteiger partial charge on any atom is -0.396 e. The Labute approximate surface area is 169 Å². The van der Waals surface area contributed by atoms with Crippen LogP contribution in [0.3, 0.4) is 0 Å². The van der Waals surface area contributed by atoms with Crippen molar-refractivity contribution in [3.05, 3.63) is 0 Å². The molecule has 0 aliphatic carbocycles. The van der Waals surface area contributed by atoms with Gasteiger partial charge in [-0.3, -0.25) is 9.59 Å². The van der Waals surface area contributed by atoms with Crippen LogP contribution in [-0.2, 0) is 14.3 Å². The lowest BCUT2D eigenvalue weighted by molar-refractivity contribution is -0.135. The summed E-state index contributed by atoms with van der Waals surface area (Å²) in [7, 11) is 1.73. The molecule has 3 rings (SSSR count). The van der Waals surface area contributed by atoms with E-state index in [-0.39, 0.29) is 23.8 Å². The number of amides is 2. The molecule has 3 heterocycles. The standard InChI is InChI=1S/C21H37N3O4/c1-17(26)23-7-3-18(4-8-23)13-20(27)24-9-5-21(6-10-24)16-22(11-12-28-2)14-19(21)15-25/h18-19,25H,3-16H2,1-2H3. The van der Waals surface area contributed by atoms with Crippen LogP contribution in [0.5, 0.6) is 0 Å². The highest BCUT2D eigenvalue weighted by Gasteiger charge is 2.47. The molecule has 0 aromatic heterocycles. The Morgan fingerprint density at radius 1 is 1.11 bits per heavy atom. The van der Waals surface area contributed by atoms with Crippen LogP contribution >= 0.6 is 0 Å². The summed E-state index contributed by atoms with van der Waals surface area (Å²) in [5.41, 5.74) is 0.145. The molecule has 0 saturated carbocycles. The van der Waals surface area contributed by atoms with Gasteiger partial charge in [0.25, 0.3) is 0 Å². The van der Waals surface area contributed by atoms with Crippen LogP contribution < -0.4 is 0 Å². The predicted molar refractivity (Wildman–Crippen MR) is 107 cm³/mol.